The molecule has 1 aromatic heterocycles. The molecule has 0 unspecified atom stereocenters. The van der Waals surface area contributed by atoms with Crippen LogP contribution in [0.5, 0.6) is 0 Å². The summed E-state index contributed by atoms with van der Waals surface area (Å²) in [5.41, 5.74) is 0.964. The number of anilines is 1. The number of nitrogens with two attached hydrogens (primary N) is 1. The van der Waals surface area contributed by atoms with E-state index in [1.54, 1.807) is 10.6 Å². The topological polar surface area (TPSA) is 84.8 Å². The molecule has 3 N–H and O–H groups in total. The summed E-state index contributed by atoms with van der Waals surface area (Å²) in [5.74, 6) is 0.921. The number of rotatable bonds is 2. The Kier molecular flexibility index (Phi) is 2.90. The zero-order valence-electron chi connectivity index (χ0n) is 10.8. The van der Waals surface area contributed by atoms with Gasteiger partial charge in [0.25, 0.3) is 5.56 Å². The second kappa shape index (κ2) is 4.35. The molecule has 0 aromatic carbocycles. The fourth-order valence-electron chi connectivity index (χ4n) is 3.19. The number of sulfonamides is 1. The minimum Gasteiger partial charge on any atom is -0.345 e. The van der Waals surface area contributed by atoms with Crippen LogP contribution in [0.1, 0.15) is 18.0 Å². The molecule has 2 aliphatic rings. The highest BCUT2D eigenvalue weighted by Crippen LogP contribution is 2.30. The van der Waals surface area contributed by atoms with Crippen molar-refractivity contribution in [3.8, 4) is 0 Å². The van der Waals surface area contributed by atoms with Crippen LogP contribution in [0.15, 0.2) is 16.9 Å². The van der Waals surface area contributed by atoms with E-state index in [9.17, 15) is 13.2 Å². The fourth-order valence-corrected chi connectivity index (χ4v) is 3.75. The Morgan fingerprint density at radius 2 is 2.16 bits per heavy atom. The lowest BCUT2D eigenvalue weighted by Gasteiger charge is -2.35. The predicted molar refractivity (Wildman–Crippen MR) is 71.7 cm³/mol. The van der Waals surface area contributed by atoms with Gasteiger partial charge in [-0.15, -0.1) is 0 Å². The largest absolute Gasteiger partial charge is 0.345 e. The molecule has 0 aliphatic carbocycles. The maximum atomic E-state index is 12.3. The minimum atomic E-state index is -3.41. The van der Waals surface area contributed by atoms with Crippen molar-refractivity contribution >= 4 is 15.7 Å². The number of piperidine rings is 1. The molecule has 1 fully saturated rings. The number of fused-ring (bicyclic) bond motifs is 4. The molecular weight excluding hydrogens is 266 g/mol. The second-order valence-corrected chi connectivity index (χ2v) is 7.27. The molecule has 0 radical (unpaired) electrons. The number of hydrogen-bond acceptors (Lipinski definition) is 3. The van der Waals surface area contributed by atoms with E-state index in [2.05, 4.69) is 10.0 Å². The molecule has 7 heteroatoms. The number of nitrogens with one attached hydrogen (secondary N) is 1. The smallest absolute Gasteiger partial charge is 0.275 e. The zero-order chi connectivity index (χ0) is 13.6. The van der Waals surface area contributed by atoms with E-state index >= 15 is 0 Å². The lowest BCUT2D eigenvalue weighted by atomic mass is 9.84. The van der Waals surface area contributed by atoms with E-state index < -0.39 is 10.0 Å². The highest BCUT2D eigenvalue weighted by Gasteiger charge is 2.33. The Balaban J connectivity index is 2.06. The maximum absolute atomic E-state index is 12.3. The minimum absolute atomic E-state index is 0.148. The van der Waals surface area contributed by atoms with Gasteiger partial charge in [-0.2, -0.15) is 0 Å². The van der Waals surface area contributed by atoms with Crippen LogP contribution < -0.4 is 15.6 Å². The normalized spacial score (nSPS) is 25.7. The Hall–Kier alpha value is -1.34. The molecule has 104 valence electrons. The van der Waals surface area contributed by atoms with Crippen molar-refractivity contribution < 1.29 is 13.7 Å². The molecule has 2 aliphatic heterocycles. The molecule has 0 saturated carbocycles. The van der Waals surface area contributed by atoms with Gasteiger partial charge in [-0.1, -0.05) is 0 Å². The van der Waals surface area contributed by atoms with Gasteiger partial charge in [0.2, 0.25) is 10.0 Å². The second-order valence-electron chi connectivity index (χ2n) is 5.52. The average molecular weight is 284 g/mol. The number of aromatic nitrogens is 1. The number of pyridine rings is 1. The lowest BCUT2D eigenvalue weighted by molar-refractivity contribution is -0.673. The molecule has 19 heavy (non-hydrogen) atoms. The molecule has 0 spiro atoms. The van der Waals surface area contributed by atoms with E-state index in [0.29, 0.717) is 18.4 Å². The number of hydrogen-bond donors (Lipinski definition) is 2. The van der Waals surface area contributed by atoms with Crippen LogP contribution in [0, 0.1) is 5.92 Å². The molecular formula is C12H18N3O3S+. The molecule has 1 saturated heterocycles. The zero-order valence-corrected chi connectivity index (χ0v) is 11.6. The first-order valence-electron chi connectivity index (χ1n) is 6.47. The van der Waals surface area contributed by atoms with Gasteiger partial charge in [0.05, 0.1) is 19.3 Å². The summed E-state index contributed by atoms with van der Waals surface area (Å²) in [7, 11) is -3.41. The summed E-state index contributed by atoms with van der Waals surface area (Å²) in [4.78, 5) is 12.3. The molecule has 0 amide bonds. The monoisotopic (exact) mass is 284 g/mol. The summed E-state index contributed by atoms with van der Waals surface area (Å²) in [5, 5.41) is 2.30. The molecule has 6 nitrogen and oxygen atoms in total. The van der Waals surface area contributed by atoms with Crippen LogP contribution >= 0.6 is 0 Å². The first kappa shape index (κ1) is 12.7. The van der Waals surface area contributed by atoms with Crippen molar-refractivity contribution in [1.29, 1.82) is 0 Å². The standard InChI is InChI=1S/C12H17N3O3S/c1-19(17,18)14-10-2-3-11-9-4-8(5-13-6-9)7-15(11)12(10)16/h2-3,8-9,13-14H,4-7H2,1H3/p+1/t8-,9+/m0/s1. The van der Waals surface area contributed by atoms with Gasteiger partial charge in [0.1, 0.15) is 5.69 Å². The van der Waals surface area contributed by atoms with E-state index in [-0.39, 0.29) is 11.2 Å². The van der Waals surface area contributed by atoms with Gasteiger partial charge in [-0.05, 0) is 18.6 Å². The van der Waals surface area contributed by atoms with Crippen LogP contribution in [0.2, 0.25) is 0 Å². The van der Waals surface area contributed by atoms with Gasteiger partial charge in [0.15, 0.2) is 0 Å². The summed E-state index contributed by atoms with van der Waals surface area (Å²) >= 11 is 0. The molecule has 3 heterocycles. The molecule has 2 atom stereocenters. The van der Waals surface area contributed by atoms with Gasteiger partial charge in [-0.25, -0.2) is 8.42 Å². The molecule has 1 aromatic rings. The predicted octanol–water partition coefficient (Wildman–Crippen LogP) is -1.10. The Morgan fingerprint density at radius 1 is 1.37 bits per heavy atom. The van der Waals surface area contributed by atoms with E-state index in [1.807, 2.05) is 6.07 Å². The summed E-state index contributed by atoms with van der Waals surface area (Å²) in [6.07, 6.45) is 2.19. The Bertz CT molecular complexity index is 665. The number of quaternary nitrogens is 1. The van der Waals surface area contributed by atoms with Crippen LogP contribution in [-0.4, -0.2) is 32.3 Å². The van der Waals surface area contributed by atoms with Crippen LogP contribution in [0.25, 0.3) is 0 Å². The van der Waals surface area contributed by atoms with Crippen molar-refractivity contribution in [2.75, 3.05) is 24.1 Å². The van der Waals surface area contributed by atoms with E-state index in [1.165, 1.54) is 0 Å². The van der Waals surface area contributed by atoms with Crippen molar-refractivity contribution in [3.05, 3.63) is 28.2 Å². The lowest BCUT2D eigenvalue weighted by Crippen LogP contribution is -2.89. The van der Waals surface area contributed by atoms with Crippen molar-refractivity contribution in [2.45, 2.75) is 18.9 Å². The third kappa shape index (κ3) is 2.40. The fraction of sp³-hybridized carbons (Fsp3) is 0.583. The summed E-state index contributed by atoms with van der Waals surface area (Å²) < 4.78 is 26.6. The highest BCUT2D eigenvalue weighted by molar-refractivity contribution is 7.92. The van der Waals surface area contributed by atoms with Gasteiger partial charge < -0.3 is 9.88 Å². The van der Waals surface area contributed by atoms with Gasteiger partial charge in [-0.3, -0.25) is 9.52 Å². The van der Waals surface area contributed by atoms with Crippen LogP contribution in [0.4, 0.5) is 5.69 Å². The maximum Gasteiger partial charge on any atom is 0.275 e. The third-order valence-electron chi connectivity index (χ3n) is 3.93. The van der Waals surface area contributed by atoms with Crippen LogP contribution in [-0.2, 0) is 16.6 Å². The summed E-state index contributed by atoms with van der Waals surface area (Å²) in [6.45, 7) is 2.75. The van der Waals surface area contributed by atoms with Crippen molar-refractivity contribution in [3.63, 3.8) is 0 Å². The van der Waals surface area contributed by atoms with E-state index in [0.717, 1.165) is 31.5 Å². The third-order valence-corrected chi connectivity index (χ3v) is 4.52. The molecule has 3 rings (SSSR count). The average Bonchev–Trinajstić information content (AvgIpc) is 2.32. The molecule has 2 bridgehead atoms. The quantitative estimate of drug-likeness (QED) is 0.723. The van der Waals surface area contributed by atoms with Crippen LogP contribution in [0.3, 0.4) is 0 Å². The number of nitrogens with zero attached hydrogens (tertiary/aromatic N) is 1. The van der Waals surface area contributed by atoms with Gasteiger partial charge in [0, 0.05) is 24.1 Å². The van der Waals surface area contributed by atoms with Crippen molar-refractivity contribution in [1.82, 2.24) is 4.57 Å². The van der Waals surface area contributed by atoms with E-state index in [4.69, 9.17) is 0 Å². The Morgan fingerprint density at radius 3 is 2.89 bits per heavy atom. The SMILES string of the molecule is CS(=O)(=O)Nc1ccc2n(c1=O)C[C@@H]1C[NH2+]C[C@H]2C1. The summed E-state index contributed by atoms with van der Waals surface area (Å²) in [6, 6.07) is 3.47. The van der Waals surface area contributed by atoms with Crippen molar-refractivity contribution in [2.24, 2.45) is 5.92 Å². The van der Waals surface area contributed by atoms with Gasteiger partial charge >= 0.3 is 0 Å². The first-order chi connectivity index (χ1) is 8.94. The highest BCUT2D eigenvalue weighted by atomic mass is 32.2. The Labute approximate surface area is 111 Å². The first-order valence-corrected chi connectivity index (χ1v) is 8.36.